The van der Waals surface area contributed by atoms with Gasteiger partial charge in [0, 0.05) is 36.5 Å². The van der Waals surface area contributed by atoms with Crippen molar-refractivity contribution in [1.82, 2.24) is 14.5 Å². The lowest BCUT2D eigenvalue weighted by atomic mass is 10.0. The third-order valence-corrected chi connectivity index (χ3v) is 6.21. The molecule has 1 aromatic carbocycles. The molecule has 0 aliphatic carbocycles. The van der Waals surface area contributed by atoms with Gasteiger partial charge < -0.3 is 4.90 Å². The first kappa shape index (κ1) is 17.9. The second kappa shape index (κ2) is 7.64. The molecular weight excluding hydrogens is 358 g/mol. The van der Waals surface area contributed by atoms with Crippen LogP contribution in [0.15, 0.2) is 41.5 Å². The normalized spacial score (nSPS) is 14.6. The van der Waals surface area contributed by atoms with Crippen LogP contribution in [0.1, 0.15) is 30.6 Å². The van der Waals surface area contributed by atoms with E-state index < -0.39 is 0 Å². The molecule has 1 aliphatic heterocycles. The van der Waals surface area contributed by atoms with Crippen molar-refractivity contribution in [3.63, 3.8) is 0 Å². The zero-order chi connectivity index (χ0) is 18.8. The van der Waals surface area contributed by atoms with E-state index in [1.54, 1.807) is 22.2 Å². The Morgan fingerprint density at radius 2 is 1.89 bits per heavy atom. The van der Waals surface area contributed by atoms with Gasteiger partial charge in [-0.1, -0.05) is 30.3 Å². The van der Waals surface area contributed by atoms with E-state index in [1.165, 1.54) is 6.42 Å². The van der Waals surface area contributed by atoms with E-state index in [0.29, 0.717) is 18.4 Å². The van der Waals surface area contributed by atoms with Gasteiger partial charge in [0.15, 0.2) is 0 Å². The maximum atomic E-state index is 13.1. The Morgan fingerprint density at radius 1 is 1.15 bits per heavy atom. The van der Waals surface area contributed by atoms with Gasteiger partial charge in [-0.3, -0.25) is 14.2 Å². The summed E-state index contributed by atoms with van der Waals surface area (Å²) in [5.74, 6) is 0.131. The quantitative estimate of drug-likeness (QED) is 0.690. The van der Waals surface area contributed by atoms with Gasteiger partial charge >= 0.3 is 0 Å². The lowest BCUT2D eigenvalue weighted by Gasteiger charge is -2.26. The number of thiophene rings is 1. The van der Waals surface area contributed by atoms with Gasteiger partial charge in [0.1, 0.15) is 4.83 Å². The Labute approximate surface area is 162 Å². The van der Waals surface area contributed by atoms with E-state index in [9.17, 15) is 9.59 Å². The van der Waals surface area contributed by atoms with E-state index in [0.717, 1.165) is 46.8 Å². The summed E-state index contributed by atoms with van der Waals surface area (Å²) < 4.78 is 1.59. The van der Waals surface area contributed by atoms with Gasteiger partial charge in [-0.05, 0) is 31.7 Å². The fourth-order valence-corrected chi connectivity index (χ4v) is 4.77. The highest BCUT2D eigenvalue weighted by atomic mass is 32.1. The zero-order valence-corrected chi connectivity index (χ0v) is 16.3. The molecule has 0 radical (unpaired) electrons. The fraction of sp³-hybridized carbons (Fsp3) is 0.381. The van der Waals surface area contributed by atoms with Crippen LogP contribution in [-0.4, -0.2) is 33.4 Å². The average molecular weight is 382 g/mol. The largest absolute Gasteiger partial charge is 0.343 e. The highest BCUT2D eigenvalue weighted by Crippen LogP contribution is 2.35. The molecule has 1 amide bonds. The summed E-state index contributed by atoms with van der Waals surface area (Å²) in [6.45, 7) is 4.08. The first-order chi connectivity index (χ1) is 13.1. The molecule has 140 valence electrons. The number of benzene rings is 1. The molecule has 4 rings (SSSR count). The summed E-state index contributed by atoms with van der Waals surface area (Å²) >= 11 is 1.54. The van der Waals surface area contributed by atoms with Crippen molar-refractivity contribution in [2.75, 3.05) is 13.1 Å². The number of aromatic nitrogens is 2. The minimum Gasteiger partial charge on any atom is -0.343 e. The van der Waals surface area contributed by atoms with Gasteiger partial charge in [-0.2, -0.15) is 0 Å². The molecule has 0 saturated carbocycles. The van der Waals surface area contributed by atoms with Crippen molar-refractivity contribution in [2.45, 2.75) is 39.2 Å². The summed E-state index contributed by atoms with van der Waals surface area (Å²) in [6.07, 6.45) is 5.28. The summed E-state index contributed by atoms with van der Waals surface area (Å²) in [4.78, 5) is 33.8. The molecule has 3 heterocycles. The van der Waals surface area contributed by atoms with Crippen LogP contribution in [0.3, 0.4) is 0 Å². The molecular formula is C21H23N3O2S. The van der Waals surface area contributed by atoms with E-state index in [1.807, 2.05) is 42.2 Å². The molecule has 0 atom stereocenters. The first-order valence-corrected chi connectivity index (χ1v) is 10.3. The van der Waals surface area contributed by atoms with Gasteiger partial charge in [-0.15, -0.1) is 11.3 Å². The minimum absolute atomic E-state index is 0.0605. The highest BCUT2D eigenvalue weighted by molar-refractivity contribution is 7.19. The lowest BCUT2D eigenvalue weighted by Crippen LogP contribution is -2.36. The van der Waals surface area contributed by atoms with E-state index in [-0.39, 0.29) is 11.5 Å². The molecule has 2 aromatic heterocycles. The van der Waals surface area contributed by atoms with Gasteiger partial charge in [0.2, 0.25) is 5.91 Å². The van der Waals surface area contributed by atoms with Gasteiger partial charge in [0.25, 0.3) is 5.56 Å². The molecule has 5 nitrogen and oxygen atoms in total. The number of hydrogen-bond acceptors (Lipinski definition) is 4. The third kappa shape index (κ3) is 3.54. The number of nitrogens with zero attached hydrogens (tertiary/aromatic N) is 3. The van der Waals surface area contributed by atoms with Crippen molar-refractivity contribution in [3.8, 4) is 11.1 Å². The highest BCUT2D eigenvalue weighted by Gasteiger charge is 2.19. The van der Waals surface area contributed by atoms with Crippen molar-refractivity contribution >= 4 is 27.5 Å². The maximum absolute atomic E-state index is 13.1. The standard InChI is InChI=1S/C21H23N3O2S/c1-15-18(16-8-4-2-5-9-16)19-20(27-15)22-14-24(21(19)26)13-10-17(25)23-11-6-3-7-12-23/h2,4-5,8-9,14H,3,6-7,10-13H2,1H3. The molecule has 0 N–H and O–H groups in total. The Morgan fingerprint density at radius 3 is 2.63 bits per heavy atom. The van der Waals surface area contributed by atoms with Crippen LogP contribution in [0.4, 0.5) is 0 Å². The Balaban J connectivity index is 1.64. The Bertz CT molecular complexity index is 1020. The number of likely N-dealkylation sites (tertiary alicyclic amines) is 1. The van der Waals surface area contributed by atoms with Crippen molar-refractivity contribution in [3.05, 3.63) is 51.9 Å². The van der Waals surface area contributed by atoms with Crippen LogP contribution in [0.5, 0.6) is 0 Å². The van der Waals surface area contributed by atoms with E-state index in [2.05, 4.69) is 4.98 Å². The van der Waals surface area contributed by atoms with Crippen molar-refractivity contribution < 1.29 is 4.79 Å². The average Bonchev–Trinajstić information content (AvgIpc) is 3.05. The number of aryl methyl sites for hydroxylation is 2. The number of carbonyl (C=O) groups is 1. The third-order valence-electron chi connectivity index (χ3n) is 5.19. The minimum atomic E-state index is -0.0605. The molecule has 27 heavy (non-hydrogen) atoms. The molecule has 1 aliphatic rings. The maximum Gasteiger partial charge on any atom is 0.262 e. The predicted octanol–water partition coefficient (Wildman–Crippen LogP) is 3.84. The first-order valence-electron chi connectivity index (χ1n) is 9.47. The van der Waals surface area contributed by atoms with Crippen LogP contribution >= 0.6 is 11.3 Å². The number of amides is 1. The molecule has 3 aromatic rings. The fourth-order valence-electron chi connectivity index (χ4n) is 3.77. The van der Waals surface area contributed by atoms with Gasteiger partial charge in [0.05, 0.1) is 11.7 Å². The van der Waals surface area contributed by atoms with Crippen LogP contribution in [0.25, 0.3) is 21.3 Å². The second-order valence-corrected chi connectivity index (χ2v) is 8.22. The second-order valence-electron chi connectivity index (χ2n) is 7.01. The molecule has 1 fully saturated rings. The molecule has 0 spiro atoms. The number of rotatable bonds is 4. The summed E-state index contributed by atoms with van der Waals surface area (Å²) in [7, 11) is 0. The number of hydrogen-bond donors (Lipinski definition) is 0. The monoisotopic (exact) mass is 381 g/mol. The Kier molecular flexibility index (Phi) is 5.07. The predicted molar refractivity (Wildman–Crippen MR) is 109 cm³/mol. The molecule has 0 unspecified atom stereocenters. The Hall–Kier alpha value is -2.47. The molecule has 0 bridgehead atoms. The summed E-state index contributed by atoms with van der Waals surface area (Å²) in [5, 5.41) is 0.664. The SMILES string of the molecule is Cc1sc2ncn(CCC(=O)N3CCCCC3)c(=O)c2c1-c1ccccc1. The zero-order valence-electron chi connectivity index (χ0n) is 15.5. The molecule has 1 saturated heterocycles. The molecule has 6 heteroatoms. The van der Waals surface area contributed by atoms with Crippen LogP contribution in [-0.2, 0) is 11.3 Å². The van der Waals surface area contributed by atoms with Crippen LogP contribution in [0.2, 0.25) is 0 Å². The summed E-state index contributed by atoms with van der Waals surface area (Å²) in [6, 6.07) is 9.96. The smallest absolute Gasteiger partial charge is 0.262 e. The van der Waals surface area contributed by atoms with Crippen molar-refractivity contribution in [2.24, 2.45) is 0 Å². The van der Waals surface area contributed by atoms with E-state index in [4.69, 9.17) is 0 Å². The number of carbonyl (C=O) groups excluding carboxylic acids is 1. The van der Waals surface area contributed by atoms with Crippen molar-refractivity contribution in [1.29, 1.82) is 0 Å². The summed E-state index contributed by atoms with van der Waals surface area (Å²) in [5.41, 5.74) is 1.93. The van der Waals surface area contributed by atoms with Gasteiger partial charge in [-0.25, -0.2) is 4.98 Å². The van der Waals surface area contributed by atoms with Crippen LogP contribution in [0, 0.1) is 6.92 Å². The van der Waals surface area contributed by atoms with Crippen LogP contribution < -0.4 is 5.56 Å². The number of fused-ring (bicyclic) bond motifs is 1. The topological polar surface area (TPSA) is 55.2 Å². The number of piperidine rings is 1. The van der Waals surface area contributed by atoms with E-state index >= 15 is 0 Å². The lowest BCUT2D eigenvalue weighted by molar-refractivity contribution is -0.132.